The number of benzene rings is 1. The summed E-state index contributed by atoms with van der Waals surface area (Å²) in [4.78, 5) is 15.8. The molecule has 0 radical (unpaired) electrons. The number of nitrogens with one attached hydrogen (secondary N) is 1. The summed E-state index contributed by atoms with van der Waals surface area (Å²) in [5, 5.41) is 21.5. The first kappa shape index (κ1) is 11.9. The highest BCUT2D eigenvalue weighted by molar-refractivity contribution is 6.06. The number of aromatic hydroxyl groups is 2. The zero-order valence-corrected chi connectivity index (χ0v) is 9.71. The van der Waals surface area contributed by atoms with Crippen molar-refractivity contribution in [1.29, 1.82) is 0 Å². The Kier molecular flexibility index (Phi) is 3.14. The summed E-state index contributed by atoms with van der Waals surface area (Å²) in [7, 11) is 0. The third kappa shape index (κ3) is 2.40. The van der Waals surface area contributed by atoms with E-state index in [1.807, 2.05) is 6.92 Å². The van der Waals surface area contributed by atoms with Crippen molar-refractivity contribution in [3.05, 3.63) is 47.8 Å². The summed E-state index contributed by atoms with van der Waals surface area (Å²) in [5.41, 5.74) is 1.45. The van der Waals surface area contributed by atoms with E-state index in [4.69, 9.17) is 0 Å². The molecule has 0 bridgehead atoms. The van der Waals surface area contributed by atoms with Crippen molar-refractivity contribution < 1.29 is 15.0 Å². The van der Waals surface area contributed by atoms with Crippen LogP contribution >= 0.6 is 0 Å². The fourth-order valence-electron chi connectivity index (χ4n) is 1.54. The number of hydrogen-bond donors (Lipinski definition) is 3. The molecule has 0 atom stereocenters. The zero-order valence-electron chi connectivity index (χ0n) is 9.71. The Balaban J connectivity index is 2.25. The monoisotopic (exact) mass is 244 g/mol. The van der Waals surface area contributed by atoms with Crippen molar-refractivity contribution >= 4 is 11.6 Å². The number of phenolic OH excluding ortho intramolecular Hbond substituents is 2. The van der Waals surface area contributed by atoms with E-state index >= 15 is 0 Å². The Morgan fingerprint density at radius 1 is 1.28 bits per heavy atom. The van der Waals surface area contributed by atoms with Gasteiger partial charge in [-0.2, -0.15) is 0 Å². The van der Waals surface area contributed by atoms with Crippen molar-refractivity contribution in [3.8, 4) is 11.5 Å². The zero-order chi connectivity index (χ0) is 13.1. The van der Waals surface area contributed by atoms with E-state index < -0.39 is 11.7 Å². The van der Waals surface area contributed by atoms with Crippen LogP contribution in [-0.4, -0.2) is 21.1 Å². The predicted molar refractivity (Wildman–Crippen MR) is 66.7 cm³/mol. The number of aryl methyl sites for hydroxylation is 1. The highest BCUT2D eigenvalue weighted by atomic mass is 16.3. The number of amides is 1. The molecule has 0 saturated carbocycles. The Labute approximate surface area is 104 Å². The van der Waals surface area contributed by atoms with Crippen LogP contribution in [0.4, 0.5) is 5.69 Å². The van der Waals surface area contributed by atoms with Crippen LogP contribution in [0.2, 0.25) is 0 Å². The number of pyridine rings is 1. The van der Waals surface area contributed by atoms with Crippen LogP contribution in [0, 0.1) is 6.92 Å². The van der Waals surface area contributed by atoms with Gasteiger partial charge in [0.15, 0.2) is 11.5 Å². The highest BCUT2D eigenvalue weighted by Gasteiger charge is 2.13. The molecule has 0 aliphatic heterocycles. The maximum absolute atomic E-state index is 11.9. The molecule has 1 heterocycles. The number of nitrogens with zero attached hydrogens (tertiary/aromatic N) is 1. The maximum atomic E-state index is 11.9. The summed E-state index contributed by atoms with van der Waals surface area (Å²) in [6.45, 7) is 1.86. The molecule has 92 valence electrons. The van der Waals surface area contributed by atoms with E-state index in [-0.39, 0.29) is 11.3 Å². The molecular formula is C13H12N2O3. The van der Waals surface area contributed by atoms with Crippen LogP contribution in [0.25, 0.3) is 0 Å². The molecule has 1 amide bonds. The molecule has 5 heteroatoms. The minimum absolute atomic E-state index is 0.0107. The number of phenols is 2. The molecule has 0 spiro atoms. The minimum Gasteiger partial charge on any atom is -0.504 e. The predicted octanol–water partition coefficient (Wildman–Crippen LogP) is 2.05. The second-order valence-corrected chi connectivity index (χ2v) is 3.88. The number of carbonyl (C=O) groups is 1. The van der Waals surface area contributed by atoms with Gasteiger partial charge in [-0.15, -0.1) is 0 Å². The summed E-state index contributed by atoms with van der Waals surface area (Å²) < 4.78 is 0. The quantitative estimate of drug-likeness (QED) is 0.706. The molecule has 0 aliphatic carbocycles. The summed E-state index contributed by atoms with van der Waals surface area (Å²) in [6, 6.07) is 5.97. The molecule has 18 heavy (non-hydrogen) atoms. The lowest BCUT2D eigenvalue weighted by Gasteiger charge is -2.07. The van der Waals surface area contributed by atoms with Gasteiger partial charge in [-0.05, 0) is 30.7 Å². The van der Waals surface area contributed by atoms with Gasteiger partial charge < -0.3 is 15.5 Å². The number of anilines is 1. The Hall–Kier alpha value is -2.56. The van der Waals surface area contributed by atoms with Gasteiger partial charge in [0.05, 0.1) is 17.4 Å². The first-order valence-electron chi connectivity index (χ1n) is 5.32. The standard InChI is InChI=1S/C13H12N2O3/c1-8-5-9(7-14-6-8)15-13(18)10-3-2-4-11(16)12(10)17/h2-7,16-17H,1H3,(H,15,18). The molecular weight excluding hydrogens is 232 g/mol. The Morgan fingerprint density at radius 3 is 2.78 bits per heavy atom. The lowest BCUT2D eigenvalue weighted by molar-refractivity contribution is 0.102. The third-order valence-electron chi connectivity index (χ3n) is 2.39. The highest BCUT2D eigenvalue weighted by Crippen LogP contribution is 2.28. The normalized spacial score (nSPS) is 10.1. The van der Waals surface area contributed by atoms with Gasteiger partial charge in [-0.3, -0.25) is 9.78 Å². The number of rotatable bonds is 2. The molecule has 1 aromatic carbocycles. The van der Waals surface area contributed by atoms with Crippen LogP contribution < -0.4 is 5.32 Å². The van der Waals surface area contributed by atoms with Crippen LogP contribution in [0.5, 0.6) is 11.5 Å². The lowest BCUT2D eigenvalue weighted by atomic mass is 10.1. The smallest absolute Gasteiger partial charge is 0.259 e. The topological polar surface area (TPSA) is 82.5 Å². The van der Waals surface area contributed by atoms with E-state index in [9.17, 15) is 15.0 Å². The fraction of sp³-hybridized carbons (Fsp3) is 0.0769. The molecule has 3 N–H and O–H groups in total. The van der Waals surface area contributed by atoms with Crippen molar-refractivity contribution in [1.82, 2.24) is 4.98 Å². The van der Waals surface area contributed by atoms with Crippen LogP contribution in [-0.2, 0) is 0 Å². The average molecular weight is 244 g/mol. The molecule has 0 unspecified atom stereocenters. The molecule has 0 aliphatic rings. The first-order chi connectivity index (χ1) is 8.58. The Bertz CT molecular complexity index is 597. The summed E-state index contributed by atoms with van der Waals surface area (Å²) in [6.07, 6.45) is 3.17. The maximum Gasteiger partial charge on any atom is 0.259 e. The van der Waals surface area contributed by atoms with Gasteiger partial charge in [0, 0.05) is 6.20 Å². The van der Waals surface area contributed by atoms with Crippen LogP contribution in [0.1, 0.15) is 15.9 Å². The van der Waals surface area contributed by atoms with Gasteiger partial charge in [-0.25, -0.2) is 0 Å². The van der Waals surface area contributed by atoms with Crippen LogP contribution in [0.15, 0.2) is 36.7 Å². The SMILES string of the molecule is Cc1cncc(NC(=O)c2cccc(O)c2O)c1. The average Bonchev–Trinajstić information content (AvgIpc) is 2.32. The number of aromatic nitrogens is 1. The largest absolute Gasteiger partial charge is 0.504 e. The third-order valence-corrected chi connectivity index (χ3v) is 2.39. The van der Waals surface area contributed by atoms with Gasteiger partial charge in [0.25, 0.3) is 5.91 Å². The van der Waals surface area contributed by atoms with E-state index in [0.29, 0.717) is 5.69 Å². The molecule has 2 aromatic rings. The van der Waals surface area contributed by atoms with Gasteiger partial charge in [-0.1, -0.05) is 6.07 Å². The lowest BCUT2D eigenvalue weighted by Crippen LogP contribution is -2.12. The molecule has 2 rings (SSSR count). The van der Waals surface area contributed by atoms with Gasteiger partial charge in [0.2, 0.25) is 0 Å². The fourth-order valence-corrected chi connectivity index (χ4v) is 1.54. The second-order valence-electron chi connectivity index (χ2n) is 3.88. The molecule has 0 fully saturated rings. The Morgan fingerprint density at radius 2 is 2.06 bits per heavy atom. The van der Waals surface area contributed by atoms with Gasteiger partial charge >= 0.3 is 0 Å². The first-order valence-corrected chi connectivity index (χ1v) is 5.32. The summed E-state index contributed by atoms with van der Waals surface area (Å²) in [5.74, 6) is -1.27. The molecule has 1 aromatic heterocycles. The van der Waals surface area contributed by atoms with Crippen molar-refractivity contribution in [2.24, 2.45) is 0 Å². The number of hydrogen-bond acceptors (Lipinski definition) is 4. The van der Waals surface area contributed by atoms with Crippen molar-refractivity contribution in [2.45, 2.75) is 6.92 Å². The van der Waals surface area contributed by atoms with E-state index in [0.717, 1.165) is 5.56 Å². The van der Waals surface area contributed by atoms with E-state index in [2.05, 4.69) is 10.3 Å². The second kappa shape index (κ2) is 4.75. The van der Waals surface area contributed by atoms with Crippen molar-refractivity contribution in [2.75, 3.05) is 5.32 Å². The van der Waals surface area contributed by atoms with E-state index in [1.165, 1.54) is 24.4 Å². The number of carbonyl (C=O) groups excluding carboxylic acids is 1. The number of para-hydroxylation sites is 1. The van der Waals surface area contributed by atoms with Crippen molar-refractivity contribution in [3.63, 3.8) is 0 Å². The van der Waals surface area contributed by atoms with Gasteiger partial charge in [0.1, 0.15) is 0 Å². The minimum atomic E-state index is -0.504. The van der Waals surface area contributed by atoms with E-state index in [1.54, 1.807) is 12.3 Å². The summed E-state index contributed by atoms with van der Waals surface area (Å²) >= 11 is 0. The molecule has 0 saturated heterocycles. The van der Waals surface area contributed by atoms with Crippen LogP contribution in [0.3, 0.4) is 0 Å². The molecule has 5 nitrogen and oxygen atoms in total.